The van der Waals surface area contributed by atoms with E-state index in [1.165, 1.54) is 23.5 Å². The van der Waals surface area contributed by atoms with Crippen molar-refractivity contribution in [2.75, 3.05) is 31.3 Å². The number of nitrogens with one attached hydrogen (secondary N) is 1. The van der Waals surface area contributed by atoms with Gasteiger partial charge in [0.25, 0.3) is 5.56 Å². The van der Waals surface area contributed by atoms with Gasteiger partial charge in [0.15, 0.2) is 35.0 Å². The third-order valence-corrected chi connectivity index (χ3v) is 11.9. The molecule has 0 aromatic carbocycles. The second-order valence-electron chi connectivity index (χ2n) is 10.8. The molecular formula is C22H26FN10O9P2S3+. The number of nitrogens with two attached hydrogens (primary N) is 2. The second-order valence-corrected chi connectivity index (χ2v) is 16.6. The smallest absolute Gasteiger partial charge is 0.395 e. The number of H-pyrrole nitrogens is 1. The number of rotatable bonds is 11. The maximum absolute atomic E-state index is 15.6. The highest BCUT2D eigenvalue weighted by atomic mass is 32.7. The zero-order chi connectivity index (χ0) is 33.2. The fraction of sp³-hybridized carbons (Fsp3) is 0.545. The highest BCUT2D eigenvalue weighted by Crippen LogP contribution is 2.56. The molecule has 47 heavy (non-hydrogen) atoms. The van der Waals surface area contributed by atoms with E-state index in [-0.39, 0.29) is 42.6 Å². The Morgan fingerprint density at radius 2 is 2.02 bits per heavy atom. The first kappa shape index (κ1) is 33.1. The van der Waals surface area contributed by atoms with Gasteiger partial charge in [0.1, 0.15) is 53.4 Å². The van der Waals surface area contributed by atoms with Gasteiger partial charge in [-0.3, -0.25) is 23.4 Å². The molecule has 0 spiro atoms. The number of aromatic amines is 1. The molecule has 25 heteroatoms. The predicted molar refractivity (Wildman–Crippen MR) is 171 cm³/mol. The summed E-state index contributed by atoms with van der Waals surface area (Å²) < 4.78 is 60.1. The van der Waals surface area contributed by atoms with Crippen molar-refractivity contribution in [1.29, 1.82) is 0 Å². The summed E-state index contributed by atoms with van der Waals surface area (Å²) >= 11 is 10.2. The minimum absolute atomic E-state index is 0.00692. The molecule has 0 saturated carbocycles. The van der Waals surface area contributed by atoms with Crippen LogP contribution in [0.4, 0.5) is 16.2 Å². The number of aliphatic hydroxyl groups excluding tert-OH is 1. The van der Waals surface area contributed by atoms with Crippen LogP contribution in [-0.2, 0) is 39.4 Å². The highest BCUT2D eigenvalue weighted by Gasteiger charge is 2.65. The second kappa shape index (κ2) is 12.5. The molecule has 3 fully saturated rings. The zero-order valence-corrected chi connectivity index (χ0v) is 28.0. The van der Waals surface area contributed by atoms with E-state index in [0.717, 1.165) is 11.8 Å². The molecule has 2 unspecified atom stereocenters. The molecule has 3 aliphatic heterocycles. The van der Waals surface area contributed by atoms with Gasteiger partial charge in [0.05, 0.1) is 37.7 Å². The van der Waals surface area contributed by atoms with Gasteiger partial charge in [-0.2, -0.15) is 4.98 Å². The minimum atomic E-state index is -4.17. The van der Waals surface area contributed by atoms with Gasteiger partial charge in [0, 0.05) is 6.42 Å². The van der Waals surface area contributed by atoms with Crippen molar-refractivity contribution in [3.05, 3.63) is 29.3 Å². The van der Waals surface area contributed by atoms with Crippen LogP contribution >= 0.6 is 38.0 Å². The van der Waals surface area contributed by atoms with Gasteiger partial charge in [-0.05, 0) is 16.4 Å². The third kappa shape index (κ3) is 5.85. The molecule has 252 valence electrons. The molecule has 4 aromatic rings. The van der Waals surface area contributed by atoms with Crippen LogP contribution in [0.5, 0.6) is 0 Å². The monoisotopic (exact) mass is 751 g/mol. The summed E-state index contributed by atoms with van der Waals surface area (Å²) in [5.74, 6) is -0.0204. The Hall–Kier alpha value is -2.40. The first-order valence-corrected chi connectivity index (χ1v) is 19.6. The molecular weight excluding hydrogens is 725 g/mol. The fourth-order valence-electron chi connectivity index (χ4n) is 5.97. The van der Waals surface area contributed by atoms with Crippen LogP contribution in [0.15, 0.2) is 23.8 Å². The van der Waals surface area contributed by atoms with E-state index in [9.17, 15) is 19.4 Å². The Morgan fingerprint density at radius 3 is 2.79 bits per heavy atom. The number of thioether (sulfide) groups is 1. The Bertz CT molecular complexity index is 1970. The number of thiol groups is 1. The van der Waals surface area contributed by atoms with Crippen LogP contribution in [0.2, 0.25) is 0 Å². The van der Waals surface area contributed by atoms with E-state index in [1.807, 2.05) is 0 Å². The molecule has 7 N–H and O–H groups in total. The minimum Gasteiger partial charge on any atom is -0.395 e. The van der Waals surface area contributed by atoms with E-state index in [2.05, 4.69) is 42.2 Å². The van der Waals surface area contributed by atoms with E-state index in [1.54, 1.807) is 4.57 Å². The van der Waals surface area contributed by atoms with Crippen molar-refractivity contribution in [1.82, 2.24) is 39.0 Å². The Balaban J connectivity index is 1.09. The van der Waals surface area contributed by atoms with Gasteiger partial charge in [-0.15, -0.1) is 16.3 Å². The Kier molecular flexibility index (Phi) is 8.80. The SMILES string of the molecule is Nc1nc2c(ncn2[C@@H]2S[C@H](CO)[C@H](F)[C@H]2OP(O)(=S)OCC[C@@]23CO[C@@H]([C@H](n4cnc5c(N)ncnc54)O2)[C@@H]3O[P+](=O)S)c(=O)[nH]1. The van der Waals surface area contributed by atoms with Crippen molar-refractivity contribution in [3.8, 4) is 0 Å². The van der Waals surface area contributed by atoms with Crippen molar-refractivity contribution in [3.63, 3.8) is 0 Å². The normalized spacial score (nSPS) is 32.0. The van der Waals surface area contributed by atoms with Crippen LogP contribution < -0.4 is 17.0 Å². The van der Waals surface area contributed by atoms with E-state index in [0.29, 0.717) is 11.2 Å². The summed E-state index contributed by atoms with van der Waals surface area (Å²) in [7, 11) is -2.39. The van der Waals surface area contributed by atoms with Gasteiger partial charge in [-0.1, -0.05) is 0 Å². The van der Waals surface area contributed by atoms with Gasteiger partial charge in [0.2, 0.25) is 5.95 Å². The van der Waals surface area contributed by atoms with Crippen LogP contribution in [0.3, 0.4) is 0 Å². The Labute approximate surface area is 278 Å². The molecule has 0 aliphatic carbocycles. The quantitative estimate of drug-likeness (QED) is 0.0911. The molecule has 3 saturated heterocycles. The maximum atomic E-state index is 15.6. The summed E-state index contributed by atoms with van der Waals surface area (Å²) in [6.45, 7) is -4.99. The number of fused-ring (bicyclic) bond motifs is 4. The molecule has 4 aromatic heterocycles. The molecule has 10 atom stereocenters. The molecule has 7 rings (SSSR count). The molecule has 7 heterocycles. The number of ether oxygens (including phenoxy) is 2. The molecule has 2 bridgehead atoms. The largest absolute Gasteiger partial charge is 0.582 e. The van der Waals surface area contributed by atoms with Gasteiger partial charge < -0.3 is 35.5 Å². The van der Waals surface area contributed by atoms with Gasteiger partial charge in [-0.25, -0.2) is 24.3 Å². The Morgan fingerprint density at radius 1 is 1.26 bits per heavy atom. The number of imidazole rings is 2. The van der Waals surface area contributed by atoms with Crippen molar-refractivity contribution in [2.24, 2.45) is 0 Å². The number of aromatic nitrogens is 8. The topological polar surface area (TPSA) is 263 Å². The van der Waals surface area contributed by atoms with Crippen molar-refractivity contribution < 1.29 is 42.0 Å². The van der Waals surface area contributed by atoms with Crippen LogP contribution in [-0.4, -0.2) is 104 Å². The summed E-state index contributed by atoms with van der Waals surface area (Å²) in [5.41, 5.74) is 10.5. The van der Waals surface area contributed by atoms with E-state index in [4.69, 9.17) is 46.3 Å². The molecule has 3 aliphatic rings. The van der Waals surface area contributed by atoms with Gasteiger partial charge >= 0.3 is 13.9 Å². The van der Waals surface area contributed by atoms with Crippen LogP contribution in [0.25, 0.3) is 22.3 Å². The summed E-state index contributed by atoms with van der Waals surface area (Å²) in [4.78, 5) is 46.3. The number of hydrogen-bond acceptors (Lipinski definition) is 17. The first-order chi connectivity index (χ1) is 22.4. The third-order valence-electron chi connectivity index (χ3n) is 8.04. The number of nitrogen functional groups attached to an aromatic ring is 2. The summed E-state index contributed by atoms with van der Waals surface area (Å²) in [5, 5.41) is 7.89. The lowest BCUT2D eigenvalue weighted by Crippen LogP contribution is -2.42. The number of hydrogen-bond donors (Lipinski definition) is 6. The van der Waals surface area contributed by atoms with Crippen LogP contribution in [0, 0.1) is 0 Å². The number of halogens is 1. The average molecular weight is 752 g/mol. The lowest BCUT2D eigenvalue weighted by Gasteiger charge is -2.31. The predicted octanol–water partition coefficient (Wildman–Crippen LogP) is 0.716. The van der Waals surface area contributed by atoms with Crippen LogP contribution in [0.1, 0.15) is 18.0 Å². The zero-order valence-electron chi connectivity index (χ0n) is 23.7. The van der Waals surface area contributed by atoms with Crippen molar-refractivity contribution in [2.45, 2.75) is 53.4 Å². The highest BCUT2D eigenvalue weighted by molar-refractivity contribution is 8.39. The van der Waals surface area contributed by atoms with E-state index < -0.39 is 73.1 Å². The standard InChI is InChI=1S/C22H25FN10O9P2S3/c23-9-8(3-34)47-20(33-7-29-11-17(33)30-21(25)31-18(11)35)12(9)42-44(37,46)39-2-1-22-4-38-13(14(22)41-43(36)45)19(40-22)32-6-28-10-15(24)26-5-27-16(10)32/h5-9,12-14,19-20,34H,1-4H2,(H6-,24,25,26,27,30,31,35,36,37,45,46)/p+1/t8-,9+,12-,13-,14+,19-,20-,22+,44?/m1/s1. The van der Waals surface area contributed by atoms with Crippen molar-refractivity contribution >= 4 is 83.9 Å². The lowest BCUT2D eigenvalue weighted by atomic mass is 9.96. The molecule has 0 radical (unpaired) electrons. The maximum Gasteiger partial charge on any atom is 0.582 e. The first-order valence-electron chi connectivity index (χ1n) is 13.7. The number of aliphatic hydroxyl groups is 1. The lowest BCUT2D eigenvalue weighted by molar-refractivity contribution is -0.176. The molecule has 19 nitrogen and oxygen atoms in total. The summed E-state index contributed by atoms with van der Waals surface area (Å²) in [6, 6.07) is 0. The molecule has 0 amide bonds. The average Bonchev–Trinajstić information content (AvgIpc) is 3.82. The summed E-state index contributed by atoms with van der Waals surface area (Å²) in [6.07, 6.45) is -1.73. The fourth-order valence-corrected chi connectivity index (χ4v) is 9.70. The number of alkyl halides is 1. The van der Waals surface area contributed by atoms with E-state index >= 15 is 4.39 Å². The number of anilines is 2. The number of nitrogens with zero attached hydrogens (tertiary/aromatic N) is 7.